The van der Waals surface area contributed by atoms with Crippen molar-refractivity contribution in [3.05, 3.63) is 284 Å². The first kappa shape index (κ1) is 54.1. The lowest BCUT2D eigenvalue weighted by molar-refractivity contribution is 0.401. The molecule has 0 spiro atoms. The fourth-order valence-corrected chi connectivity index (χ4v) is 16.5. The largest absolute Gasteiger partial charge is 0.311 e. The summed E-state index contributed by atoms with van der Waals surface area (Å²) in [6.07, 6.45) is 12.6. The van der Waals surface area contributed by atoms with E-state index in [9.17, 15) is 0 Å². The van der Waals surface area contributed by atoms with Crippen LogP contribution in [-0.2, 0) is 5.41 Å². The Bertz CT molecular complexity index is 5080. The van der Waals surface area contributed by atoms with Crippen LogP contribution in [0, 0.1) is 0 Å². The standard InChI is InChI=1S/C89H71N/c1-3-5-7-15-55-89(56-16-8-6-4-2)81-28-14-13-23-73(81)74-52-43-67(57-82(74)89)86-77-26-11-9-24-75(77)85(76-25-10-12-27-78(76)86)64-37-48-70(49-38-64)90(68-44-33-58(34-45-68)71-50-39-65-31-29-60-19-17-21-62-41-53-79(71)87(65)83(60)62)69-46-35-59(36-47-69)72-51-40-66-32-30-61-20-18-22-63-42-54-80(72)88(66)84(61)63/h9-14,17-54,57H,3-8,15-16,55-56H2,1-2H3. The lowest BCUT2D eigenvalue weighted by Crippen LogP contribution is -2.25. The molecule has 0 saturated carbocycles. The molecular weight excluding hydrogens is 1080 g/mol. The molecule has 90 heavy (non-hydrogen) atoms. The topological polar surface area (TPSA) is 3.24 Å². The van der Waals surface area contributed by atoms with Crippen LogP contribution >= 0.6 is 0 Å². The Morgan fingerprint density at radius 1 is 0.256 bits per heavy atom. The normalized spacial score (nSPS) is 12.9. The van der Waals surface area contributed by atoms with Crippen molar-refractivity contribution in [3.8, 4) is 55.6 Å². The van der Waals surface area contributed by atoms with Gasteiger partial charge in [0.15, 0.2) is 0 Å². The van der Waals surface area contributed by atoms with Gasteiger partial charge in [0.2, 0.25) is 0 Å². The lowest BCUT2D eigenvalue weighted by Gasteiger charge is -2.33. The van der Waals surface area contributed by atoms with Crippen LogP contribution in [0.2, 0.25) is 0 Å². The molecule has 432 valence electrons. The maximum Gasteiger partial charge on any atom is 0.0462 e. The van der Waals surface area contributed by atoms with Gasteiger partial charge >= 0.3 is 0 Å². The average molecular weight is 1150 g/mol. The smallest absolute Gasteiger partial charge is 0.0462 e. The van der Waals surface area contributed by atoms with Crippen molar-refractivity contribution in [2.45, 2.75) is 83.5 Å². The van der Waals surface area contributed by atoms with Gasteiger partial charge < -0.3 is 4.90 Å². The Balaban J connectivity index is 0.780. The van der Waals surface area contributed by atoms with E-state index >= 15 is 0 Å². The van der Waals surface area contributed by atoms with Gasteiger partial charge in [-0.15, -0.1) is 0 Å². The third kappa shape index (κ3) is 8.72. The number of hydrogen-bond acceptors (Lipinski definition) is 1. The van der Waals surface area contributed by atoms with Gasteiger partial charge in [0, 0.05) is 22.5 Å². The Morgan fingerprint density at radius 3 is 1.09 bits per heavy atom. The molecule has 1 aliphatic carbocycles. The SMILES string of the molecule is CCCCCCC1(CCCCCC)c2ccccc2-c2ccc(-c3c4ccccc4c(-c4ccc(N(c5ccc(-c6ccc7ccc8cccc9ccc6c7c89)cc5)c5ccc(-c6ccc7ccc8cccc9ccc6c7c89)cc5)cc4)c4ccccc34)cc21. The fourth-order valence-electron chi connectivity index (χ4n) is 16.5. The van der Waals surface area contributed by atoms with E-state index in [1.165, 1.54) is 212 Å². The molecule has 1 nitrogen and oxygen atoms in total. The molecule has 0 bridgehead atoms. The first-order valence-corrected chi connectivity index (χ1v) is 33.2. The first-order chi connectivity index (χ1) is 44.5. The van der Waals surface area contributed by atoms with Gasteiger partial charge in [-0.25, -0.2) is 0 Å². The molecule has 0 radical (unpaired) electrons. The summed E-state index contributed by atoms with van der Waals surface area (Å²) in [5, 5.41) is 20.8. The molecule has 0 fully saturated rings. The first-order valence-electron chi connectivity index (χ1n) is 33.2. The van der Waals surface area contributed by atoms with Crippen LogP contribution < -0.4 is 4.90 Å². The van der Waals surface area contributed by atoms with Crippen molar-refractivity contribution in [1.29, 1.82) is 0 Å². The van der Waals surface area contributed by atoms with E-state index in [2.05, 4.69) is 292 Å². The van der Waals surface area contributed by atoms with E-state index < -0.39 is 0 Å². The molecule has 17 rings (SSSR count). The zero-order valence-electron chi connectivity index (χ0n) is 51.5. The molecular formula is C89H71N. The molecule has 0 aromatic heterocycles. The van der Waals surface area contributed by atoms with Gasteiger partial charge in [-0.3, -0.25) is 0 Å². The highest BCUT2D eigenvalue weighted by atomic mass is 15.1. The highest BCUT2D eigenvalue weighted by Gasteiger charge is 2.42. The average Bonchev–Trinajstić information content (AvgIpc) is 1.30. The van der Waals surface area contributed by atoms with Crippen LogP contribution in [-0.4, -0.2) is 0 Å². The van der Waals surface area contributed by atoms with E-state index in [1.807, 2.05) is 0 Å². The molecule has 0 atom stereocenters. The van der Waals surface area contributed by atoms with Crippen molar-refractivity contribution in [2.75, 3.05) is 4.90 Å². The van der Waals surface area contributed by atoms with Crippen molar-refractivity contribution in [2.24, 2.45) is 0 Å². The minimum absolute atomic E-state index is 0.00458. The summed E-state index contributed by atoms with van der Waals surface area (Å²) < 4.78 is 0. The van der Waals surface area contributed by atoms with Crippen LogP contribution in [0.25, 0.3) is 142 Å². The number of rotatable bonds is 17. The maximum atomic E-state index is 2.64. The number of hydrogen-bond donors (Lipinski definition) is 0. The van der Waals surface area contributed by atoms with Crippen LogP contribution in [0.15, 0.2) is 273 Å². The number of unbranched alkanes of at least 4 members (excludes halogenated alkanes) is 6. The summed E-state index contributed by atoms with van der Waals surface area (Å²) in [6.45, 7) is 4.67. The van der Waals surface area contributed by atoms with Gasteiger partial charge in [0.05, 0.1) is 0 Å². The van der Waals surface area contributed by atoms with Gasteiger partial charge in [0.1, 0.15) is 0 Å². The predicted octanol–water partition coefficient (Wildman–Crippen LogP) is 26.1. The third-order valence-electron chi connectivity index (χ3n) is 20.7. The minimum Gasteiger partial charge on any atom is -0.311 e. The van der Waals surface area contributed by atoms with Crippen LogP contribution in [0.4, 0.5) is 17.1 Å². The number of nitrogens with zero attached hydrogens (tertiary/aromatic N) is 1. The molecule has 0 aliphatic heterocycles. The number of anilines is 3. The predicted molar refractivity (Wildman–Crippen MR) is 389 cm³/mol. The zero-order valence-corrected chi connectivity index (χ0v) is 51.5. The summed E-state index contributed by atoms with van der Waals surface area (Å²) in [7, 11) is 0. The summed E-state index contributed by atoms with van der Waals surface area (Å²) in [5.41, 5.74) is 19.3. The molecule has 0 amide bonds. The van der Waals surface area contributed by atoms with Crippen LogP contribution in [0.5, 0.6) is 0 Å². The van der Waals surface area contributed by atoms with Crippen molar-refractivity contribution >= 4 is 103 Å². The second-order valence-corrected chi connectivity index (χ2v) is 25.8. The molecule has 0 N–H and O–H groups in total. The van der Waals surface area contributed by atoms with E-state index in [0.29, 0.717) is 0 Å². The Kier molecular flexibility index (Phi) is 13.3. The molecule has 0 heterocycles. The van der Waals surface area contributed by atoms with Gasteiger partial charge in [-0.1, -0.05) is 296 Å². The van der Waals surface area contributed by atoms with Gasteiger partial charge in [0.25, 0.3) is 0 Å². The molecule has 1 heteroatoms. The van der Waals surface area contributed by atoms with Gasteiger partial charge in [-0.05, 0) is 208 Å². The third-order valence-corrected chi connectivity index (χ3v) is 20.7. The number of fused-ring (bicyclic) bond motifs is 5. The van der Waals surface area contributed by atoms with Crippen molar-refractivity contribution in [3.63, 3.8) is 0 Å². The Labute approximate surface area is 528 Å². The van der Waals surface area contributed by atoms with Crippen LogP contribution in [0.1, 0.15) is 89.2 Å². The summed E-state index contributed by atoms with van der Waals surface area (Å²) in [5.74, 6) is 0. The second kappa shape index (κ2) is 22.2. The van der Waals surface area contributed by atoms with E-state index in [1.54, 1.807) is 5.56 Å². The lowest BCUT2D eigenvalue weighted by atomic mass is 9.70. The van der Waals surface area contributed by atoms with E-state index in [0.717, 1.165) is 17.1 Å². The Hall–Kier alpha value is -10.1. The Morgan fingerprint density at radius 2 is 0.622 bits per heavy atom. The zero-order chi connectivity index (χ0) is 59.9. The molecule has 16 aromatic carbocycles. The fraction of sp³-hybridized carbons (Fsp3) is 0.146. The highest BCUT2D eigenvalue weighted by Crippen LogP contribution is 2.56. The number of benzene rings is 16. The van der Waals surface area contributed by atoms with Crippen molar-refractivity contribution in [1.82, 2.24) is 0 Å². The van der Waals surface area contributed by atoms with Crippen LogP contribution in [0.3, 0.4) is 0 Å². The monoisotopic (exact) mass is 1150 g/mol. The summed E-state index contributed by atoms with van der Waals surface area (Å²) in [6, 6.07) is 104. The molecule has 1 aliphatic rings. The molecule has 0 saturated heterocycles. The minimum atomic E-state index is 0.00458. The quantitative estimate of drug-likeness (QED) is 0.0499. The van der Waals surface area contributed by atoms with E-state index in [4.69, 9.17) is 0 Å². The second-order valence-electron chi connectivity index (χ2n) is 25.8. The maximum absolute atomic E-state index is 2.64. The van der Waals surface area contributed by atoms with E-state index in [-0.39, 0.29) is 5.41 Å². The molecule has 16 aromatic rings. The van der Waals surface area contributed by atoms with Crippen molar-refractivity contribution < 1.29 is 0 Å². The summed E-state index contributed by atoms with van der Waals surface area (Å²) in [4.78, 5) is 2.44. The molecule has 0 unspecified atom stereocenters. The van der Waals surface area contributed by atoms with Gasteiger partial charge in [-0.2, -0.15) is 0 Å². The highest BCUT2D eigenvalue weighted by molar-refractivity contribution is 6.27. The summed E-state index contributed by atoms with van der Waals surface area (Å²) >= 11 is 0.